The Hall–Kier alpha value is -1.70. The number of benzene rings is 1. The maximum atomic E-state index is 13.1. The summed E-state index contributed by atoms with van der Waals surface area (Å²) < 4.78 is 26.5. The summed E-state index contributed by atoms with van der Waals surface area (Å²) in [4.78, 5) is 3.84. The maximum Gasteiger partial charge on any atom is 0.178 e. The van der Waals surface area contributed by atoms with Crippen molar-refractivity contribution in [3.63, 3.8) is 0 Å². The number of ether oxygens (including phenoxy) is 4. The zero-order valence-corrected chi connectivity index (χ0v) is 23.5. The summed E-state index contributed by atoms with van der Waals surface area (Å²) in [5.41, 5.74) is 2.31. The topological polar surface area (TPSA) is 76.2 Å². The molecule has 2 N–H and O–H groups in total. The second-order valence-electron chi connectivity index (χ2n) is 14.2. The first-order chi connectivity index (χ1) is 18.0. The van der Waals surface area contributed by atoms with Crippen LogP contribution in [-0.4, -0.2) is 57.6 Å². The molecule has 10 atom stereocenters. The van der Waals surface area contributed by atoms with E-state index in [9.17, 15) is 5.11 Å². The summed E-state index contributed by atoms with van der Waals surface area (Å²) in [6, 6.07) is 8.67. The summed E-state index contributed by atoms with van der Waals surface area (Å²) in [7, 11) is 0. The van der Waals surface area contributed by atoms with Gasteiger partial charge in [-0.1, -0.05) is 37.6 Å². The van der Waals surface area contributed by atoms with E-state index >= 15 is 0 Å². The molecule has 3 saturated heterocycles. The van der Waals surface area contributed by atoms with Crippen molar-refractivity contribution in [3.8, 4) is 0 Å². The Kier molecular flexibility index (Phi) is 4.53. The van der Waals surface area contributed by atoms with Gasteiger partial charge in [0, 0.05) is 27.4 Å². The van der Waals surface area contributed by atoms with Gasteiger partial charge in [0.15, 0.2) is 11.9 Å². The summed E-state index contributed by atoms with van der Waals surface area (Å²) >= 11 is 0. The van der Waals surface area contributed by atoms with Crippen molar-refractivity contribution in [1.82, 2.24) is 4.98 Å². The number of allylic oxidation sites excluding steroid dienone is 1. The Morgan fingerprint density at radius 3 is 2.58 bits per heavy atom. The van der Waals surface area contributed by atoms with Crippen molar-refractivity contribution in [2.24, 2.45) is 11.3 Å². The van der Waals surface area contributed by atoms with Crippen molar-refractivity contribution in [2.75, 3.05) is 0 Å². The van der Waals surface area contributed by atoms with Crippen LogP contribution in [0.15, 0.2) is 35.9 Å². The standard InChI is InChI=1S/C32H41NO5/c1-17(2)15-23-36-24-26(28(3,4)37-23)35-22-12-13-29(5)30(6)18(11-14-31(29,34)32(22)27(24)38-32)16-20-19-9-7-8-10-21(19)33-25(20)30/h7-10,15,18,22-24,26-27,33-34H,11-14,16H2,1-6H3/t18-,22?,23-,24+,26-,27+,29+,30+,31-,32?/m0/s1. The van der Waals surface area contributed by atoms with Gasteiger partial charge < -0.3 is 29.0 Å². The minimum Gasteiger partial charge on any atom is -0.386 e. The highest BCUT2D eigenvalue weighted by molar-refractivity contribution is 5.86. The van der Waals surface area contributed by atoms with E-state index in [4.69, 9.17) is 18.9 Å². The molecule has 4 heterocycles. The van der Waals surface area contributed by atoms with Crippen molar-refractivity contribution in [3.05, 3.63) is 47.2 Å². The molecule has 6 heteroatoms. The highest BCUT2D eigenvalue weighted by atomic mass is 16.8. The Bertz CT molecular complexity index is 1380. The number of epoxide rings is 1. The van der Waals surface area contributed by atoms with Crippen LogP contribution < -0.4 is 0 Å². The van der Waals surface area contributed by atoms with Crippen molar-refractivity contribution < 1.29 is 24.1 Å². The third kappa shape index (κ3) is 2.54. The van der Waals surface area contributed by atoms with Gasteiger partial charge in [-0.05, 0) is 83.4 Å². The molecule has 204 valence electrons. The molecule has 1 aromatic heterocycles. The molecule has 1 aromatic carbocycles. The number of aromatic amines is 1. The number of H-pyrrole nitrogens is 1. The van der Waals surface area contributed by atoms with Crippen LogP contribution in [0.3, 0.4) is 0 Å². The van der Waals surface area contributed by atoms with Gasteiger partial charge in [0.2, 0.25) is 0 Å². The van der Waals surface area contributed by atoms with Crippen LogP contribution in [0.4, 0.5) is 0 Å². The fourth-order valence-corrected chi connectivity index (χ4v) is 9.97. The molecular weight excluding hydrogens is 478 g/mol. The molecule has 2 aromatic rings. The summed E-state index contributed by atoms with van der Waals surface area (Å²) in [5.74, 6) is 0.501. The number of hydrogen-bond acceptors (Lipinski definition) is 5. The number of hydrogen-bond donors (Lipinski definition) is 2. The van der Waals surface area contributed by atoms with E-state index < -0.39 is 23.1 Å². The monoisotopic (exact) mass is 519 g/mol. The zero-order chi connectivity index (χ0) is 26.5. The Morgan fingerprint density at radius 1 is 1.00 bits per heavy atom. The lowest BCUT2D eigenvalue weighted by atomic mass is 9.40. The number of nitrogens with one attached hydrogen (secondary N) is 1. The smallest absolute Gasteiger partial charge is 0.178 e. The molecule has 3 aliphatic carbocycles. The molecule has 0 amide bonds. The third-order valence-corrected chi connectivity index (χ3v) is 12.0. The number of fused-ring (bicyclic) bond motifs is 9. The van der Waals surface area contributed by atoms with Crippen molar-refractivity contribution in [2.45, 2.75) is 127 Å². The van der Waals surface area contributed by atoms with E-state index in [2.05, 4.69) is 70.8 Å². The predicted molar refractivity (Wildman–Crippen MR) is 144 cm³/mol. The average molecular weight is 520 g/mol. The Labute approximate surface area is 225 Å². The normalized spacial score (nSPS) is 49.7. The van der Waals surface area contributed by atoms with Gasteiger partial charge in [0.25, 0.3) is 0 Å². The summed E-state index contributed by atoms with van der Waals surface area (Å²) in [5, 5.41) is 14.4. The van der Waals surface area contributed by atoms with Crippen LogP contribution >= 0.6 is 0 Å². The molecule has 2 unspecified atom stereocenters. The predicted octanol–water partition coefficient (Wildman–Crippen LogP) is 5.31. The van der Waals surface area contributed by atoms with Crippen LogP contribution in [0, 0.1) is 11.3 Å². The van der Waals surface area contributed by atoms with E-state index in [1.165, 1.54) is 22.2 Å². The summed E-state index contributed by atoms with van der Waals surface area (Å²) in [6.45, 7) is 13.1. The van der Waals surface area contributed by atoms with Gasteiger partial charge in [-0.25, -0.2) is 0 Å². The van der Waals surface area contributed by atoms with Crippen LogP contribution in [0.2, 0.25) is 0 Å². The van der Waals surface area contributed by atoms with E-state index in [1.54, 1.807) is 0 Å². The SMILES string of the molecule is CC(C)=C[C@H]1O[C@H]2[C@H]3OC34C(CC[C@]3(C)[C@@]5(C)c6[nH]c7ccccc7c6C[C@@H]5CC[C@@]43O)O[C@@H]2C(C)(C)O1. The number of aliphatic hydroxyl groups is 1. The van der Waals surface area contributed by atoms with Gasteiger partial charge in [0.05, 0.1) is 11.7 Å². The molecule has 3 aliphatic heterocycles. The third-order valence-electron chi connectivity index (χ3n) is 12.0. The molecule has 1 spiro atoms. The molecule has 0 radical (unpaired) electrons. The quantitative estimate of drug-likeness (QED) is 0.394. The lowest BCUT2D eigenvalue weighted by molar-refractivity contribution is -0.343. The molecule has 6 nitrogen and oxygen atoms in total. The first-order valence-electron chi connectivity index (χ1n) is 14.6. The van der Waals surface area contributed by atoms with Crippen LogP contribution in [0.25, 0.3) is 10.9 Å². The van der Waals surface area contributed by atoms with Crippen LogP contribution in [0.5, 0.6) is 0 Å². The molecular formula is C32H41NO5. The second kappa shape index (κ2) is 7.13. The van der Waals surface area contributed by atoms with Gasteiger partial charge >= 0.3 is 0 Å². The molecule has 6 aliphatic rings. The summed E-state index contributed by atoms with van der Waals surface area (Å²) in [6.07, 6.45) is 5.25. The van der Waals surface area contributed by atoms with Crippen molar-refractivity contribution in [1.29, 1.82) is 0 Å². The first kappa shape index (κ1) is 24.1. The Morgan fingerprint density at radius 2 is 1.79 bits per heavy atom. The second-order valence-corrected chi connectivity index (χ2v) is 14.2. The highest BCUT2D eigenvalue weighted by Crippen LogP contribution is 2.75. The minimum atomic E-state index is -1.01. The zero-order valence-electron chi connectivity index (χ0n) is 23.5. The van der Waals surface area contributed by atoms with E-state index in [0.717, 1.165) is 37.7 Å². The van der Waals surface area contributed by atoms with Gasteiger partial charge in [-0.3, -0.25) is 0 Å². The first-order valence-corrected chi connectivity index (χ1v) is 14.6. The van der Waals surface area contributed by atoms with E-state index in [1.807, 2.05) is 6.08 Å². The van der Waals surface area contributed by atoms with Crippen molar-refractivity contribution >= 4 is 10.9 Å². The van der Waals surface area contributed by atoms with Gasteiger partial charge in [-0.15, -0.1) is 0 Å². The van der Waals surface area contributed by atoms with Crippen LogP contribution in [0.1, 0.15) is 78.5 Å². The molecule has 38 heavy (non-hydrogen) atoms. The largest absolute Gasteiger partial charge is 0.386 e. The molecule has 8 rings (SSSR count). The fourth-order valence-electron chi connectivity index (χ4n) is 9.97. The Balaban J connectivity index is 1.22. The highest BCUT2D eigenvalue weighted by Gasteiger charge is 2.87. The van der Waals surface area contributed by atoms with Crippen LogP contribution in [-0.2, 0) is 30.8 Å². The fraction of sp³-hybridized carbons (Fsp3) is 0.688. The lowest BCUT2D eigenvalue weighted by Crippen LogP contribution is -2.77. The maximum absolute atomic E-state index is 13.1. The minimum absolute atomic E-state index is 0.165. The average Bonchev–Trinajstić information content (AvgIpc) is 3.43. The number of aromatic nitrogens is 1. The molecule has 2 saturated carbocycles. The lowest BCUT2D eigenvalue weighted by Gasteiger charge is -2.66. The van der Waals surface area contributed by atoms with E-state index in [-0.39, 0.29) is 35.2 Å². The van der Waals surface area contributed by atoms with E-state index in [0.29, 0.717) is 5.92 Å². The van der Waals surface area contributed by atoms with Gasteiger partial charge in [0.1, 0.15) is 23.9 Å². The number of rotatable bonds is 1. The molecule has 5 fully saturated rings. The molecule has 0 bridgehead atoms. The van der Waals surface area contributed by atoms with Gasteiger partial charge in [-0.2, -0.15) is 0 Å². The number of para-hydroxylation sites is 1.